The van der Waals surface area contributed by atoms with Crippen molar-refractivity contribution in [1.29, 1.82) is 0 Å². The highest BCUT2D eigenvalue weighted by atomic mass is 16.5. The largest absolute Gasteiger partial charge is 0.493 e. The summed E-state index contributed by atoms with van der Waals surface area (Å²) in [5.41, 5.74) is 3.04. The van der Waals surface area contributed by atoms with Crippen LogP contribution in [-0.4, -0.2) is 22.2 Å². The molecule has 1 aliphatic carbocycles. The van der Waals surface area contributed by atoms with Gasteiger partial charge in [-0.2, -0.15) is 5.10 Å². The quantitative estimate of drug-likeness (QED) is 0.842. The van der Waals surface area contributed by atoms with Gasteiger partial charge in [0.05, 0.1) is 6.61 Å². The molecule has 0 spiro atoms. The second-order valence-corrected chi connectivity index (χ2v) is 4.75. The molecular formula is C15H16N2O2. The van der Waals surface area contributed by atoms with Gasteiger partial charge in [0.1, 0.15) is 5.75 Å². The van der Waals surface area contributed by atoms with E-state index in [9.17, 15) is 4.79 Å². The number of hydrogen-bond acceptors (Lipinski definition) is 3. The van der Waals surface area contributed by atoms with E-state index in [2.05, 4.69) is 5.10 Å². The predicted molar refractivity (Wildman–Crippen MR) is 71.5 cm³/mol. The first-order valence-electron chi connectivity index (χ1n) is 6.50. The highest BCUT2D eigenvalue weighted by molar-refractivity contribution is 6.01. The van der Waals surface area contributed by atoms with Gasteiger partial charge in [0.2, 0.25) is 0 Å². The van der Waals surface area contributed by atoms with Crippen molar-refractivity contribution in [1.82, 2.24) is 9.78 Å². The zero-order chi connectivity index (χ0) is 13.2. The molecule has 0 atom stereocenters. The van der Waals surface area contributed by atoms with Crippen molar-refractivity contribution >= 4 is 5.78 Å². The lowest BCUT2D eigenvalue weighted by Gasteiger charge is -2.10. The van der Waals surface area contributed by atoms with Crippen molar-refractivity contribution in [3.8, 4) is 5.75 Å². The Kier molecular flexibility index (Phi) is 3.07. The van der Waals surface area contributed by atoms with Crippen LogP contribution in [-0.2, 0) is 19.9 Å². The van der Waals surface area contributed by atoms with E-state index in [1.165, 1.54) is 0 Å². The molecule has 19 heavy (non-hydrogen) atoms. The average Bonchev–Trinajstić information content (AvgIpc) is 2.98. The number of Topliss-reactive ketones (excluding diaryl/α,β-unsaturated/α-hetero) is 1. The Morgan fingerprint density at radius 2 is 2.21 bits per heavy atom. The molecule has 0 radical (unpaired) electrons. The maximum absolute atomic E-state index is 11.7. The van der Waals surface area contributed by atoms with E-state index < -0.39 is 0 Å². The number of carbonyl (C=O) groups is 1. The molecule has 2 aromatic rings. The average molecular weight is 256 g/mol. The van der Waals surface area contributed by atoms with Crippen LogP contribution in [0.15, 0.2) is 30.5 Å². The van der Waals surface area contributed by atoms with Gasteiger partial charge in [0.15, 0.2) is 5.78 Å². The Morgan fingerprint density at radius 3 is 3.00 bits per heavy atom. The van der Waals surface area contributed by atoms with Gasteiger partial charge in [-0.15, -0.1) is 0 Å². The molecule has 3 rings (SSSR count). The molecule has 1 aromatic heterocycles. The summed E-state index contributed by atoms with van der Waals surface area (Å²) in [7, 11) is 1.92. The second kappa shape index (κ2) is 4.88. The third kappa shape index (κ3) is 2.26. The molecule has 0 unspecified atom stereocenters. The Morgan fingerprint density at radius 1 is 1.32 bits per heavy atom. The number of ketones is 1. The van der Waals surface area contributed by atoms with Gasteiger partial charge in [-0.05, 0) is 18.6 Å². The standard InChI is InChI=1S/C15H16N2O2/c1-17-11(7-9-16-17)8-10-19-15-4-2-3-12-13(15)5-6-14(12)18/h2-4,7,9H,5-6,8,10H2,1H3. The van der Waals surface area contributed by atoms with E-state index in [-0.39, 0.29) is 5.78 Å². The van der Waals surface area contributed by atoms with E-state index in [1.807, 2.05) is 36.0 Å². The van der Waals surface area contributed by atoms with E-state index >= 15 is 0 Å². The highest BCUT2D eigenvalue weighted by Crippen LogP contribution is 2.30. The van der Waals surface area contributed by atoms with Gasteiger partial charge >= 0.3 is 0 Å². The predicted octanol–water partition coefficient (Wildman–Crippen LogP) is 2.17. The minimum Gasteiger partial charge on any atom is -0.493 e. The second-order valence-electron chi connectivity index (χ2n) is 4.75. The van der Waals surface area contributed by atoms with Crippen molar-refractivity contribution < 1.29 is 9.53 Å². The molecule has 0 aliphatic heterocycles. The number of fused-ring (bicyclic) bond motifs is 1. The Labute approximate surface area is 112 Å². The maximum atomic E-state index is 11.7. The van der Waals surface area contributed by atoms with Crippen LogP contribution in [0, 0.1) is 0 Å². The fourth-order valence-corrected chi connectivity index (χ4v) is 2.51. The molecule has 4 nitrogen and oxygen atoms in total. The van der Waals surface area contributed by atoms with Crippen LogP contribution in [0.2, 0.25) is 0 Å². The third-order valence-corrected chi connectivity index (χ3v) is 3.57. The molecule has 98 valence electrons. The first kappa shape index (κ1) is 12.0. The lowest BCUT2D eigenvalue weighted by molar-refractivity contribution is 0.0994. The zero-order valence-corrected chi connectivity index (χ0v) is 10.9. The topological polar surface area (TPSA) is 44.1 Å². The molecule has 0 saturated carbocycles. The Bertz CT molecular complexity index is 616. The summed E-state index contributed by atoms with van der Waals surface area (Å²) >= 11 is 0. The molecule has 4 heteroatoms. The molecule has 1 heterocycles. The zero-order valence-electron chi connectivity index (χ0n) is 10.9. The smallest absolute Gasteiger partial charge is 0.163 e. The van der Waals surface area contributed by atoms with Crippen LogP contribution < -0.4 is 4.74 Å². The van der Waals surface area contributed by atoms with Gasteiger partial charge in [0, 0.05) is 42.9 Å². The minimum absolute atomic E-state index is 0.229. The van der Waals surface area contributed by atoms with Crippen LogP contribution in [0.4, 0.5) is 0 Å². The number of carbonyl (C=O) groups excluding carboxylic acids is 1. The summed E-state index contributed by atoms with van der Waals surface area (Å²) in [6.45, 7) is 0.601. The SMILES string of the molecule is Cn1nccc1CCOc1cccc2c1CCC2=O. The van der Waals surface area contributed by atoms with Gasteiger partial charge in [-0.1, -0.05) is 12.1 Å². The third-order valence-electron chi connectivity index (χ3n) is 3.57. The van der Waals surface area contributed by atoms with Crippen molar-refractivity contribution in [2.24, 2.45) is 7.05 Å². The molecule has 0 fully saturated rings. The van der Waals surface area contributed by atoms with Crippen molar-refractivity contribution in [2.45, 2.75) is 19.3 Å². The number of benzene rings is 1. The van der Waals surface area contributed by atoms with Crippen molar-refractivity contribution in [2.75, 3.05) is 6.61 Å². The Hall–Kier alpha value is -2.10. The lowest BCUT2D eigenvalue weighted by atomic mass is 10.1. The molecule has 1 aromatic carbocycles. The molecule has 0 N–H and O–H groups in total. The van der Waals surface area contributed by atoms with Crippen molar-refractivity contribution in [3.05, 3.63) is 47.3 Å². The van der Waals surface area contributed by atoms with E-state index in [0.717, 1.165) is 35.4 Å². The van der Waals surface area contributed by atoms with Gasteiger partial charge in [-0.3, -0.25) is 9.48 Å². The van der Waals surface area contributed by atoms with E-state index in [4.69, 9.17) is 4.74 Å². The highest BCUT2D eigenvalue weighted by Gasteiger charge is 2.22. The number of nitrogens with zero attached hydrogens (tertiary/aromatic N) is 2. The summed E-state index contributed by atoms with van der Waals surface area (Å²) in [6.07, 6.45) is 4.01. The van der Waals surface area contributed by atoms with Crippen LogP contribution in [0.5, 0.6) is 5.75 Å². The van der Waals surface area contributed by atoms with Crippen LogP contribution in [0.3, 0.4) is 0 Å². The lowest BCUT2D eigenvalue weighted by Crippen LogP contribution is -2.07. The molecule has 1 aliphatic rings. The number of ether oxygens (including phenoxy) is 1. The molecular weight excluding hydrogens is 240 g/mol. The molecule has 0 amide bonds. The van der Waals surface area contributed by atoms with E-state index in [0.29, 0.717) is 13.0 Å². The van der Waals surface area contributed by atoms with E-state index in [1.54, 1.807) is 6.20 Å². The maximum Gasteiger partial charge on any atom is 0.163 e. The molecule has 0 bridgehead atoms. The fraction of sp³-hybridized carbons (Fsp3) is 0.333. The number of aromatic nitrogens is 2. The number of hydrogen-bond donors (Lipinski definition) is 0. The summed E-state index contributed by atoms with van der Waals surface area (Å²) < 4.78 is 7.68. The number of aryl methyl sites for hydroxylation is 1. The van der Waals surface area contributed by atoms with Crippen LogP contribution >= 0.6 is 0 Å². The van der Waals surface area contributed by atoms with Gasteiger partial charge in [-0.25, -0.2) is 0 Å². The minimum atomic E-state index is 0.229. The summed E-state index contributed by atoms with van der Waals surface area (Å²) in [4.78, 5) is 11.7. The normalized spacial score (nSPS) is 13.6. The summed E-state index contributed by atoms with van der Waals surface area (Å²) in [5, 5.41) is 4.13. The first-order valence-corrected chi connectivity index (χ1v) is 6.50. The first-order chi connectivity index (χ1) is 9.25. The van der Waals surface area contributed by atoms with Crippen LogP contribution in [0.25, 0.3) is 0 Å². The molecule has 0 saturated heterocycles. The van der Waals surface area contributed by atoms with Crippen LogP contribution in [0.1, 0.15) is 28.0 Å². The Balaban J connectivity index is 1.68. The number of rotatable bonds is 4. The van der Waals surface area contributed by atoms with Crippen molar-refractivity contribution in [3.63, 3.8) is 0 Å². The van der Waals surface area contributed by atoms with Gasteiger partial charge in [0.25, 0.3) is 0 Å². The summed E-state index contributed by atoms with van der Waals surface area (Å²) in [5.74, 6) is 1.08. The van der Waals surface area contributed by atoms with Gasteiger partial charge < -0.3 is 4.74 Å². The monoisotopic (exact) mass is 256 g/mol. The fourth-order valence-electron chi connectivity index (χ4n) is 2.51. The summed E-state index contributed by atoms with van der Waals surface area (Å²) in [6, 6.07) is 7.71.